The van der Waals surface area contributed by atoms with E-state index in [1.54, 1.807) is 29.7 Å². The number of aromatic nitrogens is 2. The normalized spacial score (nSPS) is 12.2. The number of benzene rings is 2. The van der Waals surface area contributed by atoms with Gasteiger partial charge in [-0.2, -0.15) is 0 Å². The third kappa shape index (κ3) is 4.30. The molecule has 0 bridgehead atoms. The summed E-state index contributed by atoms with van der Waals surface area (Å²) < 4.78 is 1.56. The number of hydrogen-bond donors (Lipinski definition) is 1. The zero-order valence-electron chi connectivity index (χ0n) is 15.0. The Hall–Kier alpha value is -1.73. The summed E-state index contributed by atoms with van der Waals surface area (Å²) in [7, 11) is 0. The molecule has 1 aromatic heterocycles. The second-order valence-corrected chi connectivity index (χ2v) is 8.49. The van der Waals surface area contributed by atoms with Crippen molar-refractivity contribution >= 4 is 69.1 Å². The summed E-state index contributed by atoms with van der Waals surface area (Å²) in [5.74, 6) is -0.296. The molecule has 1 N–H and O–H groups in total. The number of nitrogens with zero attached hydrogens (tertiary/aromatic N) is 2. The summed E-state index contributed by atoms with van der Waals surface area (Å²) in [6.07, 6.45) is 0. The maximum absolute atomic E-state index is 12.7. The highest BCUT2D eigenvalue weighted by Crippen LogP contribution is 2.33. The molecule has 1 heterocycles. The molecule has 0 aliphatic heterocycles. The van der Waals surface area contributed by atoms with Gasteiger partial charge in [-0.25, -0.2) is 4.98 Å². The summed E-state index contributed by atoms with van der Waals surface area (Å²) >= 11 is 19.2. The Balaban J connectivity index is 1.86. The zero-order valence-corrected chi connectivity index (χ0v) is 18.1. The van der Waals surface area contributed by atoms with Gasteiger partial charge in [0.15, 0.2) is 5.16 Å². The molecule has 0 fully saturated rings. The summed E-state index contributed by atoms with van der Waals surface area (Å²) in [6, 6.07) is 10.1. The van der Waals surface area contributed by atoms with Crippen molar-refractivity contribution in [2.75, 3.05) is 5.32 Å². The molecule has 2 aromatic carbocycles. The molecule has 0 aliphatic carbocycles. The van der Waals surface area contributed by atoms with Crippen LogP contribution < -0.4 is 10.9 Å². The number of amides is 1. The molecule has 0 saturated carbocycles. The van der Waals surface area contributed by atoms with Crippen molar-refractivity contribution in [3.63, 3.8) is 0 Å². The second kappa shape index (κ2) is 8.74. The number of hydrogen-bond acceptors (Lipinski definition) is 4. The number of halogens is 3. The third-order valence-corrected chi connectivity index (χ3v) is 6.19. The Morgan fingerprint density at radius 2 is 1.86 bits per heavy atom. The van der Waals surface area contributed by atoms with E-state index < -0.39 is 5.25 Å². The molecular weight excluding hydrogens is 441 g/mol. The van der Waals surface area contributed by atoms with Gasteiger partial charge in [-0.1, -0.05) is 58.7 Å². The quantitative estimate of drug-likeness (QED) is 0.313. The highest BCUT2D eigenvalue weighted by atomic mass is 35.5. The lowest BCUT2D eigenvalue weighted by Gasteiger charge is -2.16. The molecule has 0 spiro atoms. The van der Waals surface area contributed by atoms with Gasteiger partial charge in [0.25, 0.3) is 5.56 Å². The molecule has 0 saturated heterocycles. The molecule has 1 amide bonds. The van der Waals surface area contributed by atoms with Gasteiger partial charge in [-0.3, -0.25) is 14.2 Å². The maximum Gasteiger partial charge on any atom is 0.262 e. The molecular formula is C19H16Cl3N3O2S. The largest absolute Gasteiger partial charge is 0.324 e. The molecule has 0 radical (unpaired) electrons. The van der Waals surface area contributed by atoms with Crippen molar-refractivity contribution in [1.82, 2.24) is 9.55 Å². The number of rotatable bonds is 5. The van der Waals surface area contributed by atoms with E-state index in [0.29, 0.717) is 33.3 Å². The van der Waals surface area contributed by atoms with E-state index >= 15 is 0 Å². The summed E-state index contributed by atoms with van der Waals surface area (Å²) in [5.41, 5.74) is 0.837. The van der Waals surface area contributed by atoms with Crippen LogP contribution in [0.2, 0.25) is 15.1 Å². The van der Waals surface area contributed by atoms with Gasteiger partial charge in [-0.15, -0.1) is 0 Å². The van der Waals surface area contributed by atoms with E-state index in [-0.39, 0.29) is 21.5 Å². The number of carbonyl (C=O) groups is 1. The summed E-state index contributed by atoms with van der Waals surface area (Å²) in [5, 5.41) is 4.12. The van der Waals surface area contributed by atoms with Crippen LogP contribution in [0, 0.1) is 0 Å². The fourth-order valence-corrected chi connectivity index (χ4v) is 4.15. The highest BCUT2D eigenvalue weighted by Gasteiger charge is 2.20. The minimum absolute atomic E-state index is 0.129. The first kappa shape index (κ1) is 21.0. The molecule has 9 heteroatoms. The number of nitrogens with one attached hydrogen (secondary N) is 1. The van der Waals surface area contributed by atoms with Crippen molar-refractivity contribution in [2.24, 2.45) is 0 Å². The van der Waals surface area contributed by atoms with Gasteiger partial charge in [0, 0.05) is 6.54 Å². The van der Waals surface area contributed by atoms with E-state index in [1.807, 2.05) is 13.0 Å². The Morgan fingerprint density at radius 3 is 2.57 bits per heavy atom. The van der Waals surface area contributed by atoms with Gasteiger partial charge in [0.1, 0.15) is 0 Å². The fraction of sp³-hybridized carbons (Fsp3) is 0.211. The molecule has 0 aliphatic rings. The van der Waals surface area contributed by atoms with Gasteiger partial charge in [-0.05, 0) is 38.1 Å². The van der Waals surface area contributed by atoms with Crippen molar-refractivity contribution in [1.29, 1.82) is 0 Å². The highest BCUT2D eigenvalue weighted by molar-refractivity contribution is 8.00. The number of thioether (sulfide) groups is 1. The number of carbonyl (C=O) groups excluding carboxylic acids is 1. The number of para-hydroxylation sites is 1. The smallest absolute Gasteiger partial charge is 0.262 e. The van der Waals surface area contributed by atoms with Crippen molar-refractivity contribution in [2.45, 2.75) is 30.8 Å². The Morgan fingerprint density at radius 1 is 1.18 bits per heavy atom. The van der Waals surface area contributed by atoms with E-state index in [2.05, 4.69) is 10.3 Å². The van der Waals surface area contributed by atoms with Crippen LogP contribution in [-0.4, -0.2) is 20.7 Å². The topological polar surface area (TPSA) is 64.0 Å². The first-order valence-electron chi connectivity index (χ1n) is 8.43. The third-order valence-electron chi connectivity index (χ3n) is 4.06. The predicted molar refractivity (Wildman–Crippen MR) is 117 cm³/mol. The molecule has 28 heavy (non-hydrogen) atoms. The molecule has 1 unspecified atom stereocenters. The molecule has 5 nitrogen and oxygen atoms in total. The Kier molecular flexibility index (Phi) is 6.55. The summed E-state index contributed by atoms with van der Waals surface area (Å²) in [4.78, 5) is 29.9. The van der Waals surface area contributed by atoms with Crippen LogP contribution in [-0.2, 0) is 11.3 Å². The van der Waals surface area contributed by atoms with Gasteiger partial charge >= 0.3 is 0 Å². The Bertz CT molecular complexity index is 1120. The van der Waals surface area contributed by atoms with Crippen molar-refractivity contribution in [3.8, 4) is 0 Å². The average Bonchev–Trinajstić information content (AvgIpc) is 2.66. The van der Waals surface area contributed by atoms with E-state index in [4.69, 9.17) is 34.8 Å². The van der Waals surface area contributed by atoms with Crippen LogP contribution in [0.5, 0.6) is 0 Å². The van der Waals surface area contributed by atoms with E-state index in [1.165, 1.54) is 23.9 Å². The standard InChI is InChI=1S/C19H16Cl3N3O2S/c1-3-25-18(27)11-6-4-5-7-15(11)24-19(25)28-10(2)17(26)23-16-9-13(21)12(20)8-14(16)22/h4-10H,3H2,1-2H3,(H,23,26). The Labute approximate surface area is 181 Å². The number of fused-ring (bicyclic) bond motifs is 1. The fourth-order valence-electron chi connectivity index (χ4n) is 2.58. The lowest BCUT2D eigenvalue weighted by atomic mass is 10.2. The van der Waals surface area contributed by atoms with Crippen LogP contribution in [0.25, 0.3) is 10.9 Å². The van der Waals surface area contributed by atoms with Crippen LogP contribution in [0.3, 0.4) is 0 Å². The summed E-state index contributed by atoms with van der Waals surface area (Å²) in [6.45, 7) is 4.04. The zero-order chi connectivity index (χ0) is 20.4. The first-order chi connectivity index (χ1) is 13.3. The van der Waals surface area contributed by atoms with Crippen molar-refractivity contribution in [3.05, 3.63) is 61.8 Å². The number of anilines is 1. The minimum atomic E-state index is -0.531. The van der Waals surface area contributed by atoms with Crippen LogP contribution in [0.1, 0.15) is 13.8 Å². The van der Waals surface area contributed by atoms with Crippen LogP contribution >= 0.6 is 46.6 Å². The predicted octanol–water partition coefficient (Wildman–Crippen LogP) is 5.50. The van der Waals surface area contributed by atoms with Gasteiger partial charge in [0.2, 0.25) is 5.91 Å². The minimum Gasteiger partial charge on any atom is -0.324 e. The lowest BCUT2D eigenvalue weighted by Crippen LogP contribution is -2.26. The second-order valence-electron chi connectivity index (χ2n) is 5.96. The first-order valence-corrected chi connectivity index (χ1v) is 10.4. The van der Waals surface area contributed by atoms with E-state index in [0.717, 1.165) is 0 Å². The van der Waals surface area contributed by atoms with Crippen molar-refractivity contribution < 1.29 is 4.79 Å². The van der Waals surface area contributed by atoms with Crippen LogP contribution in [0.15, 0.2) is 46.3 Å². The SMILES string of the molecule is CCn1c(SC(C)C(=O)Nc2cc(Cl)c(Cl)cc2Cl)nc2ccccc2c1=O. The monoisotopic (exact) mass is 455 g/mol. The average molecular weight is 457 g/mol. The lowest BCUT2D eigenvalue weighted by molar-refractivity contribution is -0.115. The molecule has 3 rings (SSSR count). The molecule has 146 valence electrons. The molecule has 3 aromatic rings. The maximum atomic E-state index is 12.7. The van der Waals surface area contributed by atoms with Crippen LogP contribution in [0.4, 0.5) is 5.69 Å². The molecule has 1 atom stereocenters. The van der Waals surface area contributed by atoms with Gasteiger partial charge < -0.3 is 5.32 Å². The van der Waals surface area contributed by atoms with E-state index in [9.17, 15) is 9.59 Å². The van der Waals surface area contributed by atoms with Gasteiger partial charge in [0.05, 0.1) is 36.9 Å².